The summed E-state index contributed by atoms with van der Waals surface area (Å²) in [6.45, 7) is 0. The van der Waals surface area contributed by atoms with Crippen LogP contribution in [0.1, 0.15) is 49.1 Å². The summed E-state index contributed by atoms with van der Waals surface area (Å²) in [5.74, 6) is 3.45. The van der Waals surface area contributed by atoms with Gasteiger partial charge in [0.1, 0.15) is 11.5 Å². The lowest BCUT2D eigenvalue weighted by Gasteiger charge is -2.37. The Morgan fingerprint density at radius 1 is 0.960 bits per heavy atom. The third-order valence-electron chi connectivity index (χ3n) is 6.49. The maximum Gasteiger partial charge on any atom is 0.143 e. The summed E-state index contributed by atoms with van der Waals surface area (Å²) in [6, 6.07) is 8.64. The van der Waals surface area contributed by atoms with E-state index in [4.69, 9.17) is 9.47 Å². The van der Waals surface area contributed by atoms with Crippen molar-refractivity contribution in [3.63, 3.8) is 0 Å². The van der Waals surface area contributed by atoms with Gasteiger partial charge in [-0.05, 0) is 60.8 Å². The quantitative estimate of drug-likeness (QED) is 0.665. The molecule has 2 unspecified atom stereocenters. The van der Waals surface area contributed by atoms with Gasteiger partial charge in [-0.2, -0.15) is 0 Å². The van der Waals surface area contributed by atoms with E-state index < -0.39 is 0 Å². The van der Waals surface area contributed by atoms with E-state index in [9.17, 15) is 0 Å². The highest BCUT2D eigenvalue weighted by Gasteiger charge is 2.34. The Balaban J connectivity index is 1.85. The van der Waals surface area contributed by atoms with Gasteiger partial charge < -0.3 is 14.5 Å². The number of rotatable bonds is 2. The van der Waals surface area contributed by atoms with Crippen LogP contribution >= 0.6 is 0 Å². The van der Waals surface area contributed by atoms with Gasteiger partial charge in [-0.25, -0.2) is 0 Å². The number of aryl methyl sites for hydroxylation is 1. The molecule has 1 aromatic heterocycles. The number of hydrogen-bond acceptors (Lipinski definition) is 2. The molecule has 1 fully saturated rings. The van der Waals surface area contributed by atoms with Gasteiger partial charge in [0.15, 0.2) is 0 Å². The number of benzene rings is 2. The van der Waals surface area contributed by atoms with Crippen LogP contribution in [0.2, 0.25) is 0 Å². The molecule has 2 atom stereocenters. The van der Waals surface area contributed by atoms with Crippen LogP contribution in [0.3, 0.4) is 0 Å². The molecule has 1 saturated carbocycles. The Morgan fingerprint density at radius 2 is 1.80 bits per heavy atom. The lowest BCUT2D eigenvalue weighted by molar-refractivity contribution is 0.275. The number of ether oxygens (including phenoxy) is 2. The number of aromatic amines is 1. The largest absolute Gasteiger partial charge is 0.495 e. The van der Waals surface area contributed by atoms with E-state index in [0.717, 1.165) is 28.5 Å². The second-order valence-electron chi connectivity index (χ2n) is 7.59. The molecule has 5 rings (SSSR count). The highest BCUT2D eigenvalue weighted by atomic mass is 16.5. The third kappa shape index (κ3) is 2.11. The van der Waals surface area contributed by atoms with E-state index >= 15 is 0 Å². The van der Waals surface area contributed by atoms with E-state index in [1.807, 2.05) is 6.07 Å². The number of fused-ring (bicyclic) bond motifs is 7. The Bertz CT molecular complexity index is 956. The summed E-state index contributed by atoms with van der Waals surface area (Å²) >= 11 is 0. The van der Waals surface area contributed by atoms with Crippen molar-refractivity contribution >= 4 is 21.8 Å². The van der Waals surface area contributed by atoms with Gasteiger partial charge in [0.25, 0.3) is 0 Å². The van der Waals surface area contributed by atoms with Crippen LogP contribution in [0, 0.1) is 5.92 Å². The average molecular weight is 335 g/mol. The predicted molar refractivity (Wildman–Crippen MR) is 102 cm³/mol. The summed E-state index contributed by atoms with van der Waals surface area (Å²) in [6.07, 6.45) is 8.00. The molecular formula is C22H25NO2. The summed E-state index contributed by atoms with van der Waals surface area (Å²) in [7, 11) is 3.52. The molecule has 0 bridgehead atoms. The number of nitrogens with one attached hydrogen (secondary N) is 1. The van der Waals surface area contributed by atoms with Crippen molar-refractivity contribution in [3.05, 3.63) is 35.4 Å². The molecule has 0 radical (unpaired) electrons. The summed E-state index contributed by atoms with van der Waals surface area (Å²) < 4.78 is 11.4. The molecule has 2 aliphatic carbocycles. The van der Waals surface area contributed by atoms with Gasteiger partial charge in [0.2, 0.25) is 0 Å². The second-order valence-corrected chi connectivity index (χ2v) is 7.59. The van der Waals surface area contributed by atoms with Crippen LogP contribution in [-0.4, -0.2) is 19.2 Å². The van der Waals surface area contributed by atoms with Crippen LogP contribution in [0.5, 0.6) is 11.5 Å². The first-order valence-electron chi connectivity index (χ1n) is 9.50. The van der Waals surface area contributed by atoms with Crippen LogP contribution in [0.25, 0.3) is 21.8 Å². The number of aromatic nitrogens is 1. The maximum absolute atomic E-state index is 5.80. The molecule has 2 aromatic carbocycles. The predicted octanol–water partition coefficient (Wildman–Crippen LogP) is 5.56. The Morgan fingerprint density at radius 3 is 2.64 bits per heavy atom. The van der Waals surface area contributed by atoms with E-state index in [2.05, 4.69) is 23.2 Å². The minimum absolute atomic E-state index is 0.714. The summed E-state index contributed by atoms with van der Waals surface area (Å²) in [5.41, 5.74) is 5.29. The molecule has 0 spiro atoms. The average Bonchev–Trinajstić information content (AvgIpc) is 3.07. The highest BCUT2D eigenvalue weighted by molar-refractivity contribution is 6.13. The molecule has 0 amide bonds. The molecular weight excluding hydrogens is 310 g/mol. The number of hydrogen-bond donors (Lipinski definition) is 1. The van der Waals surface area contributed by atoms with Gasteiger partial charge in [-0.15, -0.1) is 0 Å². The number of methoxy groups -OCH3 is 2. The van der Waals surface area contributed by atoms with Gasteiger partial charge in [0.05, 0.1) is 25.3 Å². The lowest BCUT2D eigenvalue weighted by atomic mass is 9.67. The van der Waals surface area contributed by atoms with Crippen LogP contribution in [0.15, 0.2) is 24.3 Å². The third-order valence-corrected chi connectivity index (χ3v) is 6.49. The van der Waals surface area contributed by atoms with Crippen LogP contribution in [-0.2, 0) is 6.42 Å². The van der Waals surface area contributed by atoms with Crippen molar-refractivity contribution in [2.75, 3.05) is 14.2 Å². The minimum Gasteiger partial charge on any atom is -0.495 e. The molecule has 1 N–H and O–H groups in total. The van der Waals surface area contributed by atoms with E-state index in [1.165, 1.54) is 49.3 Å². The van der Waals surface area contributed by atoms with Gasteiger partial charge in [0, 0.05) is 10.8 Å². The van der Waals surface area contributed by atoms with Gasteiger partial charge >= 0.3 is 0 Å². The molecule has 0 saturated heterocycles. The zero-order valence-corrected chi connectivity index (χ0v) is 15.0. The molecule has 1 heterocycles. The Kier molecular flexibility index (Phi) is 3.44. The number of H-pyrrole nitrogens is 1. The van der Waals surface area contributed by atoms with Crippen molar-refractivity contribution in [1.29, 1.82) is 0 Å². The Labute approximate surface area is 148 Å². The molecule has 3 heteroatoms. The Hall–Kier alpha value is -2.16. The van der Waals surface area contributed by atoms with Crippen LogP contribution in [0.4, 0.5) is 0 Å². The topological polar surface area (TPSA) is 34.2 Å². The van der Waals surface area contributed by atoms with Crippen LogP contribution < -0.4 is 9.47 Å². The maximum atomic E-state index is 5.80. The summed E-state index contributed by atoms with van der Waals surface area (Å²) in [4.78, 5) is 3.59. The lowest BCUT2D eigenvalue weighted by Crippen LogP contribution is -2.24. The first kappa shape index (κ1) is 15.1. The molecule has 130 valence electrons. The zero-order chi connectivity index (χ0) is 17.0. The molecule has 25 heavy (non-hydrogen) atoms. The first-order valence-corrected chi connectivity index (χ1v) is 9.50. The normalized spacial score (nSPS) is 22.6. The van der Waals surface area contributed by atoms with E-state index in [-0.39, 0.29) is 0 Å². The standard InChI is InChI=1S/C22H25NO2/c1-24-18-9-5-8-16-20-15-11-10-13-6-3-4-7-14(13)17(15)12-19(25-2)22(20)23-21(16)18/h5,8-9,12-14,23H,3-4,6-7,10-11H2,1-2H3. The molecule has 0 aliphatic heterocycles. The van der Waals surface area contributed by atoms with Gasteiger partial charge in [-0.1, -0.05) is 25.0 Å². The van der Waals surface area contributed by atoms with E-state index in [0.29, 0.717) is 5.92 Å². The molecule has 2 aliphatic rings. The van der Waals surface area contributed by atoms with Crippen molar-refractivity contribution in [2.45, 2.75) is 44.4 Å². The fourth-order valence-corrected chi connectivity index (χ4v) is 5.36. The zero-order valence-electron chi connectivity index (χ0n) is 15.0. The molecule has 3 nitrogen and oxygen atoms in total. The van der Waals surface area contributed by atoms with Crippen molar-refractivity contribution in [3.8, 4) is 11.5 Å². The first-order chi connectivity index (χ1) is 12.3. The minimum atomic E-state index is 0.714. The van der Waals surface area contributed by atoms with Gasteiger partial charge in [-0.3, -0.25) is 0 Å². The fourth-order valence-electron chi connectivity index (χ4n) is 5.36. The fraction of sp³-hybridized carbons (Fsp3) is 0.455. The smallest absolute Gasteiger partial charge is 0.143 e. The highest BCUT2D eigenvalue weighted by Crippen LogP contribution is 2.50. The summed E-state index contributed by atoms with van der Waals surface area (Å²) in [5, 5.41) is 2.62. The molecule has 3 aromatic rings. The second kappa shape index (κ2) is 5.69. The van der Waals surface area contributed by atoms with Crippen molar-refractivity contribution in [1.82, 2.24) is 4.98 Å². The van der Waals surface area contributed by atoms with Crippen molar-refractivity contribution in [2.24, 2.45) is 5.92 Å². The SMILES string of the molecule is COc1cccc2c1[nH]c1c(OC)cc3c(c12)CCC1CCCCC31. The monoisotopic (exact) mass is 335 g/mol. The van der Waals surface area contributed by atoms with E-state index in [1.54, 1.807) is 25.3 Å². The van der Waals surface area contributed by atoms with Crippen molar-refractivity contribution < 1.29 is 9.47 Å². The number of para-hydroxylation sites is 1.